The molecule has 0 saturated heterocycles. The minimum atomic E-state index is -0.284. The molecule has 144 valence electrons. The molecule has 0 bridgehead atoms. The van der Waals surface area contributed by atoms with Gasteiger partial charge in [-0.2, -0.15) is 5.10 Å². The molecular weight excluding hydrogens is 381 g/mol. The van der Waals surface area contributed by atoms with Crippen LogP contribution in [0.2, 0.25) is 0 Å². The van der Waals surface area contributed by atoms with Gasteiger partial charge >= 0.3 is 0 Å². The van der Waals surface area contributed by atoms with Crippen molar-refractivity contribution in [3.8, 4) is 11.5 Å². The first-order chi connectivity index (χ1) is 13.6. The lowest BCUT2D eigenvalue weighted by Crippen LogP contribution is -2.12. The van der Waals surface area contributed by atoms with Gasteiger partial charge in [0, 0.05) is 5.56 Å². The summed E-state index contributed by atoms with van der Waals surface area (Å²) in [5.41, 5.74) is 2.73. The maximum absolute atomic E-state index is 13.1. The van der Waals surface area contributed by atoms with Crippen molar-refractivity contribution in [1.82, 2.24) is 10.2 Å². The summed E-state index contributed by atoms with van der Waals surface area (Å²) in [6, 6.07) is 11.9. The number of fused-ring (bicyclic) bond motifs is 1. The number of thioether (sulfide) groups is 1. The van der Waals surface area contributed by atoms with Crippen molar-refractivity contribution in [3.05, 3.63) is 71.2 Å². The first-order valence-electron chi connectivity index (χ1n) is 8.64. The van der Waals surface area contributed by atoms with Crippen molar-refractivity contribution in [1.29, 1.82) is 0 Å². The number of ether oxygens (including phenoxy) is 2. The minimum absolute atomic E-state index is 0.0701. The van der Waals surface area contributed by atoms with E-state index in [2.05, 4.69) is 15.5 Å². The van der Waals surface area contributed by atoms with Crippen molar-refractivity contribution in [2.45, 2.75) is 11.9 Å². The average molecular weight is 399 g/mol. The van der Waals surface area contributed by atoms with E-state index in [0.29, 0.717) is 23.1 Å². The van der Waals surface area contributed by atoms with Gasteiger partial charge in [0.15, 0.2) is 11.5 Å². The van der Waals surface area contributed by atoms with E-state index in [1.165, 1.54) is 23.9 Å². The van der Waals surface area contributed by atoms with E-state index in [1.807, 2.05) is 18.2 Å². The van der Waals surface area contributed by atoms with Crippen LogP contribution in [0.3, 0.4) is 0 Å². The van der Waals surface area contributed by atoms with Crippen molar-refractivity contribution < 1.29 is 18.7 Å². The number of aromatic nitrogens is 2. The van der Waals surface area contributed by atoms with Gasteiger partial charge in [0.05, 0.1) is 24.3 Å². The number of amides is 1. The zero-order valence-corrected chi connectivity index (χ0v) is 15.9. The number of hydrogen-bond acceptors (Lipinski definition) is 5. The number of hydrogen-bond donors (Lipinski definition) is 2. The van der Waals surface area contributed by atoms with Gasteiger partial charge in [-0.15, -0.1) is 11.8 Å². The fourth-order valence-corrected chi connectivity index (χ4v) is 4.09. The van der Waals surface area contributed by atoms with Gasteiger partial charge in [0.2, 0.25) is 5.91 Å². The number of nitrogens with one attached hydrogen (secondary N) is 2. The highest BCUT2D eigenvalue weighted by atomic mass is 32.2. The largest absolute Gasteiger partial charge is 0.493 e. The van der Waals surface area contributed by atoms with E-state index in [-0.39, 0.29) is 23.6 Å². The molecule has 0 radical (unpaired) electrons. The molecule has 2 aromatic carbocycles. The Labute approximate surface area is 165 Å². The SMILES string of the molecule is COc1ccc(C2SCC(=O)Nc3[nH]ncc32)cc1OCc1ccc(F)cc1. The Hall–Kier alpha value is -3.00. The number of carbonyl (C=O) groups is 1. The molecule has 8 heteroatoms. The zero-order chi connectivity index (χ0) is 19.5. The molecule has 2 N–H and O–H groups in total. The van der Waals surface area contributed by atoms with Crippen LogP contribution in [0.5, 0.6) is 11.5 Å². The Morgan fingerprint density at radius 3 is 2.82 bits per heavy atom. The van der Waals surface area contributed by atoms with E-state index in [1.54, 1.807) is 25.4 Å². The Kier molecular flexibility index (Phi) is 5.21. The highest BCUT2D eigenvalue weighted by molar-refractivity contribution is 8.00. The van der Waals surface area contributed by atoms with Crippen LogP contribution >= 0.6 is 11.8 Å². The van der Waals surface area contributed by atoms with Gasteiger partial charge in [0.1, 0.15) is 18.2 Å². The topological polar surface area (TPSA) is 76.2 Å². The Morgan fingerprint density at radius 2 is 2.04 bits per heavy atom. The molecule has 6 nitrogen and oxygen atoms in total. The predicted molar refractivity (Wildman–Crippen MR) is 105 cm³/mol. The summed E-state index contributed by atoms with van der Waals surface area (Å²) in [6.07, 6.45) is 1.72. The predicted octanol–water partition coefficient (Wildman–Crippen LogP) is 3.91. The molecule has 0 saturated carbocycles. The lowest BCUT2D eigenvalue weighted by atomic mass is 10.1. The third-order valence-electron chi connectivity index (χ3n) is 4.39. The summed E-state index contributed by atoms with van der Waals surface area (Å²) < 4.78 is 24.4. The van der Waals surface area contributed by atoms with Crippen LogP contribution in [0.1, 0.15) is 21.9 Å². The summed E-state index contributed by atoms with van der Waals surface area (Å²) in [4.78, 5) is 11.9. The van der Waals surface area contributed by atoms with Gasteiger partial charge in [-0.1, -0.05) is 18.2 Å². The van der Waals surface area contributed by atoms with Crippen LogP contribution in [0.4, 0.5) is 10.2 Å². The standard InChI is InChI=1S/C20H18FN3O3S/c1-26-16-7-4-13(8-17(16)27-10-12-2-5-14(21)6-3-12)19-15-9-22-24-20(15)23-18(25)11-28-19/h2-9,19H,10-11H2,1H3,(H2,22,23,24,25). The molecule has 1 aliphatic heterocycles. The van der Waals surface area contributed by atoms with E-state index in [4.69, 9.17) is 9.47 Å². The average Bonchev–Trinajstić information content (AvgIpc) is 3.09. The van der Waals surface area contributed by atoms with E-state index >= 15 is 0 Å². The maximum Gasteiger partial charge on any atom is 0.235 e. The van der Waals surface area contributed by atoms with E-state index < -0.39 is 0 Å². The Bertz CT molecular complexity index is 991. The third kappa shape index (κ3) is 3.82. The van der Waals surface area contributed by atoms with Crippen LogP contribution < -0.4 is 14.8 Å². The summed E-state index contributed by atoms with van der Waals surface area (Å²) in [5, 5.41) is 9.64. The molecule has 1 aromatic heterocycles. The smallest absolute Gasteiger partial charge is 0.235 e. The molecule has 0 spiro atoms. The van der Waals surface area contributed by atoms with Gasteiger partial charge < -0.3 is 14.8 Å². The number of halogens is 1. The molecule has 4 rings (SSSR count). The number of aromatic amines is 1. The minimum Gasteiger partial charge on any atom is -0.493 e. The number of anilines is 1. The molecule has 28 heavy (non-hydrogen) atoms. The second kappa shape index (κ2) is 7.93. The molecule has 1 unspecified atom stereocenters. The number of nitrogens with zero attached hydrogens (tertiary/aromatic N) is 1. The summed E-state index contributed by atoms with van der Waals surface area (Å²) in [7, 11) is 1.58. The Balaban J connectivity index is 1.61. The summed E-state index contributed by atoms with van der Waals surface area (Å²) in [5.74, 6) is 1.78. The normalized spacial score (nSPS) is 16.1. The fourth-order valence-electron chi connectivity index (χ4n) is 3.01. The molecule has 3 aromatic rings. The lowest BCUT2D eigenvalue weighted by Gasteiger charge is -2.17. The molecule has 0 aliphatic carbocycles. The highest BCUT2D eigenvalue weighted by Gasteiger charge is 2.26. The second-order valence-corrected chi connectivity index (χ2v) is 7.36. The lowest BCUT2D eigenvalue weighted by molar-refractivity contribution is -0.113. The van der Waals surface area contributed by atoms with Crippen molar-refractivity contribution in [3.63, 3.8) is 0 Å². The molecular formula is C20H18FN3O3S. The number of H-pyrrole nitrogens is 1. The third-order valence-corrected chi connectivity index (χ3v) is 5.68. The van der Waals surface area contributed by atoms with E-state index in [9.17, 15) is 9.18 Å². The number of methoxy groups -OCH3 is 1. The Morgan fingerprint density at radius 1 is 1.21 bits per heavy atom. The summed E-state index contributed by atoms with van der Waals surface area (Å²) >= 11 is 1.52. The molecule has 1 amide bonds. The second-order valence-electron chi connectivity index (χ2n) is 6.27. The first-order valence-corrected chi connectivity index (χ1v) is 9.69. The number of rotatable bonds is 5. The number of carbonyl (C=O) groups excluding carboxylic acids is 1. The van der Waals surface area contributed by atoms with Crippen LogP contribution in [0.25, 0.3) is 0 Å². The molecule has 2 heterocycles. The van der Waals surface area contributed by atoms with Gasteiger partial charge in [-0.25, -0.2) is 4.39 Å². The fraction of sp³-hybridized carbons (Fsp3) is 0.200. The van der Waals surface area contributed by atoms with Crippen LogP contribution in [-0.2, 0) is 11.4 Å². The number of benzene rings is 2. The zero-order valence-electron chi connectivity index (χ0n) is 15.1. The van der Waals surface area contributed by atoms with Crippen LogP contribution in [0, 0.1) is 5.82 Å². The quantitative estimate of drug-likeness (QED) is 0.680. The highest BCUT2D eigenvalue weighted by Crippen LogP contribution is 2.43. The molecule has 0 fully saturated rings. The van der Waals surface area contributed by atoms with Crippen molar-refractivity contribution in [2.75, 3.05) is 18.2 Å². The maximum atomic E-state index is 13.1. The van der Waals surface area contributed by atoms with Crippen molar-refractivity contribution in [2.24, 2.45) is 0 Å². The molecule has 1 aliphatic rings. The van der Waals surface area contributed by atoms with Gasteiger partial charge in [0.25, 0.3) is 0 Å². The summed E-state index contributed by atoms with van der Waals surface area (Å²) in [6.45, 7) is 0.287. The van der Waals surface area contributed by atoms with Gasteiger partial charge in [-0.05, 0) is 35.4 Å². The van der Waals surface area contributed by atoms with Gasteiger partial charge in [-0.3, -0.25) is 9.89 Å². The van der Waals surface area contributed by atoms with E-state index in [0.717, 1.165) is 16.7 Å². The first kappa shape index (κ1) is 18.4. The van der Waals surface area contributed by atoms with Crippen LogP contribution in [0.15, 0.2) is 48.7 Å². The monoisotopic (exact) mass is 399 g/mol. The van der Waals surface area contributed by atoms with Crippen molar-refractivity contribution >= 4 is 23.5 Å². The van der Waals surface area contributed by atoms with Crippen LogP contribution in [-0.4, -0.2) is 29.0 Å². The molecule has 1 atom stereocenters.